The fourth-order valence-electron chi connectivity index (χ4n) is 1.46. The molecule has 0 saturated heterocycles. The molecule has 0 radical (unpaired) electrons. The quantitative estimate of drug-likeness (QED) is 0.776. The van der Waals surface area contributed by atoms with Crippen LogP contribution in [0.3, 0.4) is 0 Å². The van der Waals surface area contributed by atoms with Crippen LogP contribution in [0.25, 0.3) is 0 Å². The van der Waals surface area contributed by atoms with Crippen LogP contribution in [0.15, 0.2) is 12.3 Å². The molecule has 0 spiro atoms. The van der Waals surface area contributed by atoms with Crippen molar-refractivity contribution in [3.63, 3.8) is 0 Å². The highest BCUT2D eigenvalue weighted by Crippen LogP contribution is 2.16. The number of hydrogen-bond donors (Lipinski definition) is 0. The minimum absolute atomic E-state index is 0.493. The SMILES string of the molecule is CSCCC(C)N(C)c1ccnc(N(C)C)n1. The van der Waals surface area contributed by atoms with Crippen molar-refractivity contribution in [3.8, 4) is 0 Å². The minimum atomic E-state index is 0.493. The number of anilines is 2. The Morgan fingerprint density at radius 1 is 1.35 bits per heavy atom. The largest absolute Gasteiger partial charge is 0.357 e. The predicted molar refractivity (Wildman–Crippen MR) is 77.2 cm³/mol. The molecule has 0 aromatic carbocycles. The van der Waals surface area contributed by atoms with E-state index in [0.29, 0.717) is 6.04 Å². The molecule has 0 amide bonds. The zero-order valence-corrected chi connectivity index (χ0v) is 12.2. The smallest absolute Gasteiger partial charge is 0.226 e. The van der Waals surface area contributed by atoms with Gasteiger partial charge >= 0.3 is 0 Å². The Morgan fingerprint density at radius 2 is 2.06 bits per heavy atom. The molecular weight excluding hydrogens is 232 g/mol. The molecule has 0 fully saturated rings. The summed E-state index contributed by atoms with van der Waals surface area (Å²) in [6, 6.07) is 2.45. The fraction of sp³-hybridized carbons (Fsp3) is 0.667. The molecule has 0 aliphatic heterocycles. The maximum atomic E-state index is 4.54. The van der Waals surface area contributed by atoms with Gasteiger partial charge in [0.1, 0.15) is 5.82 Å². The van der Waals surface area contributed by atoms with Gasteiger partial charge in [0.25, 0.3) is 0 Å². The van der Waals surface area contributed by atoms with Crippen LogP contribution in [0.5, 0.6) is 0 Å². The van der Waals surface area contributed by atoms with E-state index in [1.165, 1.54) is 12.2 Å². The van der Waals surface area contributed by atoms with E-state index < -0.39 is 0 Å². The summed E-state index contributed by atoms with van der Waals surface area (Å²) in [6.07, 6.45) is 5.12. The second kappa shape index (κ2) is 6.69. The number of hydrogen-bond acceptors (Lipinski definition) is 5. The monoisotopic (exact) mass is 254 g/mol. The summed E-state index contributed by atoms with van der Waals surface area (Å²) < 4.78 is 0. The lowest BCUT2D eigenvalue weighted by molar-refractivity contribution is 0.661. The topological polar surface area (TPSA) is 32.3 Å². The van der Waals surface area contributed by atoms with E-state index in [-0.39, 0.29) is 0 Å². The third kappa shape index (κ3) is 4.07. The third-order valence-corrected chi connectivity index (χ3v) is 3.43. The zero-order chi connectivity index (χ0) is 12.8. The average Bonchev–Trinajstić information content (AvgIpc) is 2.35. The molecule has 1 heterocycles. The van der Waals surface area contributed by atoms with Gasteiger partial charge in [0.15, 0.2) is 0 Å². The highest BCUT2D eigenvalue weighted by Gasteiger charge is 2.12. The lowest BCUT2D eigenvalue weighted by Gasteiger charge is -2.26. The molecule has 0 bridgehead atoms. The van der Waals surface area contributed by atoms with E-state index in [1.54, 1.807) is 0 Å². The molecule has 1 aromatic heterocycles. The van der Waals surface area contributed by atoms with Crippen molar-refractivity contribution < 1.29 is 0 Å². The molecular formula is C12H22N4S. The molecule has 1 rings (SSSR count). The first-order valence-corrected chi connectivity index (χ1v) is 7.17. The lowest BCUT2D eigenvalue weighted by atomic mass is 10.2. The molecule has 0 aliphatic carbocycles. The Morgan fingerprint density at radius 3 is 2.65 bits per heavy atom. The third-order valence-electron chi connectivity index (χ3n) is 2.79. The molecule has 0 saturated carbocycles. The van der Waals surface area contributed by atoms with Crippen LogP contribution in [0, 0.1) is 0 Å². The fourth-order valence-corrected chi connectivity index (χ4v) is 2.04. The summed E-state index contributed by atoms with van der Waals surface area (Å²) in [6.45, 7) is 2.23. The van der Waals surface area contributed by atoms with E-state index in [9.17, 15) is 0 Å². The van der Waals surface area contributed by atoms with Gasteiger partial charge in [0, 0.05) is 33.4 Å². The maximum absolute atomic E-state index is 4.54. The Bertz CT molecular complexity index is 343. The van der Waals surface area contributed by atoms with Crippen molar-refractivity contribution in [1.82, 2.24) is 9.97 Å². The van der Waals surface area contributed by atoms with Crippen LogP contribution >= 0.6 is 11.8 Å². The van der Waals surface area contributed by atoms with Gasteiger partial charge < -0.3 is 9.80 Å². The van der Waals surface area contributed by atoms with Crippen molar-refractivity contribution >= 4 is 23.5 Å². The van der Waals surface area contributed by atoms with Crippen LogP contribution < -0.4 is 9.80 Å². The molecule has 5 heteroatoms. The van der Waals surface area contributed by atoms with Crippen molar-refractivity contribution in [2.45, 2.75) is 19.4 Å². The number of thioether (sulfide) groups is 1. The second-order valence-electron chi connectivity index (χ2n) is 4.35. The summed E-state index contributed by atoms with van der Waals surface area (Å²) in [5, 5.41) is 0. The first-order chi connectivity index (χ1) is 8.06. The Balaban J connectivity index is 2.74. The number of aromatic nitrogens is 2. The van der Waals surface area contributed by atoms with Gasteiger partial charge in [-0.3, -0.25) is 0 Å². The van der Waals surface area contributed by atoms with Crippen molar-refractivity contribution in [3.05, 3.63) is 12.3 Å². The molecule has 1 unspecified atom stereocenters. The number of rotatable bonds is 6. The van der Waals surface area contributed by atoms with Gasteiger partial charge in [-0.15, -0.1) is 0 Å². The second-order valence-corrected chi connectivity index (χ2v) is 5.34. The van der Waals surface area contributed by atoms with Crippen LogP contribution in [0.2, 0.25) is 0 Å². The summed E-state index contributed by atoms with van der Waals surface area (Å²) >= 11 is 1.88. The van der Waals surface area contributed by atoms with Crippen LogP contribution in [-0.2, 0) is 0 Å². The predicted octanol–water partition coefficient (Wildman–Crippen LogP) is 2.12. The van der Waals surface area contributed by atoms with Crippen LogP contribution in [-0.4, -0.2) is 49.2 Å². The van der Waals surface area contributed by atoms with Gasteiger partial charge in [-0.25, -0.2) is 4.98 Å². The highest BCUT2D eigenvalue weighted by atomic mass is 32.2. The van der Waals surface area contributed by atoms with Crippen LogP contribution in [0.1, 0.15) is 13.3 Å². The van der Waals surface area contributed by atoms with Gasteiger partial charge in [0.05, 0.1) is 0 Å². The molecule has 17 heavy (non-hydrogen) atoms. The number of nitrogens with zero attached hydrogens (tertiary/aromatic N) is 4. The first kappa shape index (κ1) is 14.1. The van der Waals surface area contributed by atoms with E-state index in [0.717, 1.165) is 11.8 Å². The van der Waals surface area contributed by atoms with Gasteiger partial charge in [0.2, 0.25) is 5.95 Å². The van der Waals surface area contributed by atoms with E-state index in [4.69, 9.17) is 0 Å². The molecule has 1 atom stereocenters. The summed E-state index contributed by atoms with van der Waals surface area (Å²) in [4.78, 5) is 12.9. The molecule has 4 nitrogen and oxygen atoms in total. The highest BCUT2D eigenvalue weighted by molar-refractivity contribution is 7.98. The first-order valence-electron chi connectivity index (χ1n) is 5.78. The van der Waals surface area contributed by atoms with Crippen LogP contribution in [0.4, 0.5) is 11.8 Å². The normalized spacial score (nSPS) is 12.3. The lowest BCUT2D eigenvalue weighted by Crippen LogP contribution is -2.30. The van der Waals surface area contributed by atoms with Crippen molar-refractivity contribution in [2.24, 2.45) is 0 Å². The van der Waals surface area contributed by atoms with Crippen molar-refractivity contribution in [1.29, 1.82) is 0 Å². The summed E-state index contributed by atoms with van der Waals surface area (Å²) in [7, 11) is 6.00. The Hall–Kier alpha value is -0.970. The summed E-state index contributed by atoms with van der Waals surface area (Å²) in [5.41, 5.74) is 0. The Kier molecular flexibility index (Phi) is 5.55. The summed E-state index contributed by atoms with van der Waals surface area (Å²) in [5.74, 6) is 2.92. The van der Waals surface area contributed by atoms with Gasteiger partial charge in [-0.05, 0) is 31.4 Å². The molecule has 1 aromatic rings. The zero-order valence-electron chi connectivity index (χ0n) is 11.3. The average molecular weight is 254 g/mol. The maximum Gasteiger partial charge on any atom is 0.226 e. The van der Waals surface area contributed by atoms with E-state index >= 15 is 0 Å². The van der Waals surface area contributed by atoms with E-state index in [2.05, 4.69) is 35.1 Å². The molecule has 0 N–H and O–H groups in total. The Labute approximate surface area is 108 Å². The molecule has 96 valence electrons. The van der Waals surface area contributed by atoms with Gasteiger partial charge in [-0.2, -0.15) is 16.7 Å². The molecule has 0 aliphatic rings. The van der Waals surface area contributed by atoms with E-state index in [1.807, 2.05) is 43.0 Å². The minimum Gasteiger partial charge on any atom is -0.357 e. The van der Waals surface area contributed by atoms with Gasteiger partial charge in [-0.1, -0.05) is 0 Å². The van der Waals surface area contributed by atoms with Crippen molar-refractivity contribution in [2.75, 3.05) is 43.0 Å². The standard InChI is InChI=1S/C12H22N4S/c1-10(7-9-17-5)16(4)11-6-8-13-12(14-11)15(2)3/h6,8,10H,7,9H2,1-5H3.